The lowest BCUT2D eigenvalue weighted by Gasteiger charge is -2.08. The van der Waals surface area contributed by atoms with Crippen molar-refractivity contribution < 1.29 is 9.90 Å². The Bertz CT molecular complexity index is 285. The van der Waals surface area contributed by atoms with Gasteiger partial charge in [0, 0.05) is 6.54 Å². The molecular formula is C11H15NO2. The van der Waals surface area contributed by atoms with Crippen molar-refractivity contribution in [3.63, 3.8) is 0 Å². The summed E-state index contributed by atoms with van der Waals surface area (Å²) < 4.78 is 0. The third kappa shape index (κ3) is 3.18. The molecule has 3 N–H and O–H groups in total. The number of aliphatic carboxylic acids is 1. The molecule has 0 saturated carbocycles. The number of nitrogens with two attached hydrogens (primary N) is 1. The average Bonchev–Trinajstić information content (AvgIpc) is 2.20. The van der Waals surface area contributed by atoms with E-state index >= 15 is 0 Å². The van der Waals surface area contributed by atoms with Crippen LogP contribution in [0.1, 0.15) is 12.0 Å². The minimum atomic E-state index is -0.802. The number of benzene rings is 1. The molecule has 0 amide bonds. The van der Waals surface area contributed by atoms with Gasteiger partial charge in [-0.1, -0.05) is 30.3 Å². The number of rotatable bonds is 5. The summed E-state index contributed by atoms with van der Waals surface area (Å²) in [4.78, 5) is 10.7. The fourth-order valence-electron chi connectivity index (χ4n) is 1.33. The third-order valence-electron chi connectivity index (χ3n) is 2.26. The summed E-state index contributed by atoms with van der Waals surface area (Å²) in [5.41, 5.74) is 6.52. The van der Waals surface area contributed by atoms with Gasteiger partial charge in [-0.15, -0.1) is 0 Å². The zero-order chi connectivity index (χ0) is 10.4. The van der Waals surface area contributed by atoms with Crippen LogP contribution < -0.4 is 5.73 Å². The van der Waals surface area contributed by atoms with E-state index in [1.807, 2.05) is 30.3 Å². The number of carboxylic acids is 1. The van der Waals surface area contributed by atoms with Crippen LogP contribution in [0.15, 0.2) is 30.3 Å². The molecule has 0 spiro atoms. The molecule has 1 aromatic carbocycles. The van der Waals surface area contributed by atoms with Crippen molar-refractivity contribution in [2.24, 2.45) is 11.7 Å². The van der Waals surface area contributed by atoms with Crippen LogP contribution in [0.4, 0.5) is 0 Å². The summed E-state index contributed by atoms with van der Waals surface area (Å²) in [7, 11) is 0. The minimum Gasteiger partial charge on any atom is -0.481 e. The van der Waals surface area contributed by atoms with Gasteiger partial charge >= 0.3 is 5.97 Å². The van der Waals surface area contributed by atoms with Gasteiger partial charge < -0.3 is 10.8 Å². The van der Waals surface area contributed by atoms with Crippen LogP contribution in [0.25, 0.3) is 0 Å². The van der Waals surface area contributed by atoms with Crippen molar-refractivity contribution in [2.45, 2.75) is 12.8 Å². The highest BCUT2D eigenvalue weighted by atomic mass is 16.4. The Morgan fingerprint density at radius 2 is 2.00 bits per heavy atom. The van der Waals surface area contributed by atoms with Crippen molar-refractivity contribution in [2.75, 3.05) is 6.54 Å². The van der Waals surface area contributed by atoms with E-state index in [1.165, 1.54) is 0 Å². The average molecular weight is 193 g/mol. The van der Waals surface area contributed by atoms with E-state index in [-0.39, 0.29) is 6.54 Å². The maximum absolute atomic E-state index is 10.7. The first-order chi connectivity index (χ1) is 6.74. The van der Waals surface area contributed by atoms with E-state index < -0.39 is 11.9 Å². The van der Waals surface area contributed by atoms with Gasteiger partial charge in [-0.05, 0) is 18.4 Å². The van der Waals surface area contributed by atoms with Crippen LogP contribution in [0.2, 0.25) is 0 Å². The van der Waals surface area contributed by atoms with Crippen LogP contribution >= 0.6 is 0 Å². The highest BCUT2D eigenvalue weighted by Crippen LogP contribution is 2.08. The van der Waals surface area contributed by atoms with E-state index in [1.54, 1.807) is 0 Å². The molecule has 0 aliphatic heterocycles. The van der Waals surface area contributed by atoms with Gasteiger partial charge in [0.05, 0.1) is 5.92 Å². The maximum Gasteiger partial charge on any atom is 0.307 e. The summed E-state index contributed by atoms with van der Waals surface area (Å²) in [5, 5.41) is 8.77. The fraction of sp³-hybridized carbons (Fsp3) is 0.364. The summed E-state index contributed by atoms with van der Waals surface area (Å²) in [6.07, 6.45) is 1.38. The predicted octanol–water partition coefficient (Wildman–Crippen LogP) is 1.28. The largest absolute Gasteiger partial charge is 0.481 e. The number of hydrogen-bond donors (Lipinski definition) is 2. The van der Waals surface area contributed by atoms with E-state index in [2.05, 4.69) is 0 Å². The summed E-state index contributed by atoms with van der Waals surface area (Å²) in [6, 6.07) is 9.84. The Morgan fingerprint density at radius 1 is 1.36 bits per heavy atom. The predicted molar refractivity (Wildman–Crippen MR) is 54.9 cm³/mol. The van der Waals surface area contributed by atoms with E-state index in [0.717, 1.165) is 12.0 Å². The first-order valence-corrected chi connectivity index (χ1v) is 4.71. The van der Waals surface area contributed by atoms with Gasteiger partial charge in [-0.25, -0.2) is 0 Å². The molecular weight excluding hydrogens is 178 g/mol. The molecule has 0 radical (unpaired) electrons. The van der Waals surface area contributed by atoms with Gasteiger partial charge in [-0.2, -0.15) is 0 Å². The number of carbonyl (C=O) groups is 1. The van der Waals surface area contributed by atoms with Gasteiger partial charge in [0.25, 0.3) is 0 Å². The second-order valence-corrected chi connectivity index (χ2v) is 3.30. The molecule has 0 fully saturated rings. The van der Waals surface area contributed by atoms with Crippen molar-refractivity contribution >= 4 is 5.97 Å². The zero-order valence-corrected chi connectivity index (χ0v) is 8.02. The minimum absolute atomic E-state index is 0.210. The Kier molecular flexibility index (Phi) is 4.13. The molecule has 3 heteroatoms. The Labute approximate surface area is 83.6 Å². The lowest BCUT2D eigenvalue weighted by molar-refractivity contribution is -0.141. The second-order valence-electron chi connectivity index (χ2n) is 3.30. The van der Waals surface area contributed by atoms with Crippen LogP contribution in [-0.4, -0.2) is 17.6 Å². The third-order valence-corrected chi connectivity index (χ3v) is 2.26. The van der Waals surface area contributed by atoms with E-state index in [9.17, 15) is 4.79 Å². The molecule has 1 atom stereocenters. The van der Waals surface area contributed by atoms with Crippen molar-refractivity contribution in [3.05, 3.63) is 35.9 Å². The summed E-state index contributed by atoms with van der Waals surface area (Å²) in [6.45, 7) is 0.210. The highest BCUT2D eigenvalue weighted by molar-refractivity contribution is 5.70. The standard InChI is InChI=1S/C11H15NO2/c12-8-10(11(13)14)7-6-9-4-2-1-3-5-9/h1-5,10H,6-8,12H2,(H,13,14)/t10-/m1/s1. The molecule has 0 unspecified atom stereocenters. The quantitative estimate of drug-likeness (QED) is 0.740. The molecule has 0 heterocycles. The fourth-order valence-corrected chi connectivity index (χ4v) is 1.33. The molecule has 0 aliphatic carbocycles. The number of carboxylic acid groups (broad SMARTS) is 1. The number of aryl methyl sites for hydroxylation is 1. The SMILES string of the molecule is NC[C@@H](CCc1ccccc1)C(=O)O. The summed E-state index contributed by atoms with van der Waals surface area (Å²) >= 11 is 0. The summed E-state index contributed by atoms with van der Waals surface area (Å²) in [5.74, 6) is -1.22. The molecule has 3 nitrogen and oxygen atoms in total. The van der Waals surface area contributed by atoms with Crippen molar-refractivity contribution in [1.82, 2.24) is 0 Å². The van der Waals surface area contributed by atoms with Gasteiger partial charge in [0.2, 0.25) is 0 Å². The molecule has 0 aliphatic rings. The maximum atomic E-state index is 10.7. The first kappa shape index (κ1) is 10.7. The van der Waals surface area contributed by atoms with E-state index in [4.69, 9.17) is 10.8 Å². The van der Waals surface area contributed by atoms with Gasteiger partial charge in [0.15, 0.2) is 0 Å². The Morgan fingerprint density at radius 3 is 2.50 bits per heavy atom. The van der Waals surface area contributed by atoms with Gasteiger partial charge in [-0.3, -0.25) is 4.79 Å². The molecule has 0 bridgehead atoms. The first-order valence-electron chi connectivity index (χ1n) is 4.71. The molecule has 1 rings (SSSR count). The smallest absolute Gasteiger partial charge is 0.307 e. The van der Waals surface area contributed by atoms with Crippen molar-refractivity contribution in [1.29, 1.82) is 0 Å². The van der Waals surface area contributed by atoms with E-state index in [0.29, 0.717) is 6.42 Å². The molecule has 1 aromatic rings. The Hall–Kier alpha value is -1.35. The Balaban J connectivity index is 2.44. The normalized spacial score (nSPS) is 12.4. The van der Waals surface area contributed by atoms with Crippen LogP contribution in [0.3, 0.4) is 0 Å². The van der Waals surface area contributed by atoms with Crippen LogP contribution in [0, 0.1) is 5.92 Å². The number of hydrogen-bond acceptors (Lipinski definition) is 2. The van der Waals surface area contributed by atoms with Crippen molar-refractivity contribution in [3.8, 4) is 0 Å². The van der Waals surface area contributed by atoms with Crippen LogP contribution in [-0.2, 0) is 11.2 Å². The highest BCUT2D eigenvalue weighted by Gasteiger charge is 2.14. The molecule has 14 heavy (non-hydrogen) atoms. The van der Waals surface area contributed by atoms with Crippen LogP contribution in [0.5, 0.6) is 0 Å². The molecule has 76 valence electrons. The zero-order valence-electron chi connectivity index (χ0n) is 8.02. The monoisotopic (exact) mass is 193 g/mol. The second kappa shape index (κ2) is 5.40. The molecule has 0 aromatic heterocycles. The van der Waals surface area contributed by atoms with Gasteiger partial charge in [0.1, 0.15) is 0 Å². The lowest BCUT2D eigenvalue weighted by Crippen LogP contribution is -2.23. The molecule has 0 saturated heterocycles. The topological polar surface area (TPSA) is 63.3 Å². The lowest BCUT2D eigenvalue weighted by atomic mass is 10.00.